The van der Waals surface area contributed by atoms with Gasteiger partial charge >= 0.3 is 0 Å². The number of hydrogen-bond acceptors (Lipinski definition) is 6. The van der Waals surface area contributed by atoms with E-state index in [9.17, 15) is 9.59 Å². The normalized spacial score (nSPS) is 13.1. The second-order valence-corrected chi connectivity index (χ2v) is 12.1. The van der Waals surface area contributed by atoms with Gasteiger partial charge < -0.3 is 20.4 Å². The van der Waals surface area contributed by atoms with Gasteiger partial charge in [0, 0.05) is 66.0 Å². The fourth-order valence-electron chi connectivity index (χ4n) is 5.08. The average Bonchev–Trinajstić information content (AvgIpc) is 3.50. The van der Waals surface area contributed by atoms with Crippen LogP contribution < -0.4 is 15.5 Å². The van der Waals surface area contributed by atoms with Crippen molar-refractivity contribution in [1.82, 2.24) is 25.4 Å². The van der Waals surface area contributed by atoms with Crippen LogP contribution in [0.15, 0.2) is 48.7 Å². The highest BCUT2D eigenvalue weighted by atomic mass is 16.2. The number of rotatable bonds is 8. The minimum atomic E-state index is -0.207. The quantitative estimate of drug-likeness (QED) is 0.293. The van der Waals surface area contributed by atoms with Crippen LogP contribution in [-0.4, -0.2) is 65.6 Å². The van der Waals surface area contributed by atoms with Crippen molar-refractivity contribution >= 4 is 34.2 Å². The van der Waals surface area contributed by atoms with Gasteiger partial charge in [-0.25, -0.2) is 4.98 Å². The Morgan fingerprint density at radius 3 is 2.61 bits per heavy atom. The van der Waals surface area contributed by atoms with Crippen molar-refractivity contribution in [1.29, 1.82) is 0 Å². The molecule has 3 heterocycles. The number of aromatic amines is 1. The maximum atomic E-state index is 13.5. The SMILES string of the molecule is Cc1[nH]nc2ncc(CN3CCc4ccc(C(=O)Nc5cc(C(=O)NCCN(C)C)cc(C(C)(C)C)c5)cc43)cc12. The van der Waals surface area contributed by atoms with Gasteiger partial charge in [-0.3, -0.25) is 14.7 Å². The van der Waals surface area contributed by atoms with E-state index in [0.29, 0.717) is 29.9 Å². The second kappa shape index (κ2) is 11.3. The van der Waals surface area contributed by atoms with Crippen LogP contribution in [-0.2, 0) is 18.4 Å². The maximum absolute atomic E-state index is 13.5. The lowest BCUT2D eigenvalue weighted by Crippen LogP contribution is -2.31. The summed E-state index contributed by atoms with van der Waals surface area (Å²) in [6, 6.07) is 13.6. The molecule has 0 saturated carbocycles. The number of benzene rings is 2. The van der Waals surface area contributed by atoms with Crippen LogP contribution in [0.2, 0.25) is 0 Å². The Morgan fingerprint density at radius 1 is 1.05 bits per heavy atom. The number of hydrogen-bond donors (Lipinski definition) is 3. The van der Waals surface area contributed by atoms with Crippen molar-refractivity contribution in [2.75, 3.05) is 43.9 Å². The lowest BCUT2D eigenvalue weighted by atomic mass is 9.85. The van der Waals surface area contributed by atoms with E-state index in [4.69, 9.17) is 0 Å². The van der Waals surface area contributed by atoms with Crippen molar-refractivity contribution in [3.8, 4) is 0 Å². The Kier molecular flexibility index (Phi) is 7.82. The standard InChI is InChI=1S/C32H39N7O2/c1-20-27-13-21(18-34-29(27)37-36-20)19-39-11-9-22-7-8-23(16-28(22)39)31(41)35-26-15-24(14-25(17-26)32(2,3)4)30(40)33-10-12-38(5)6/h7-8,13-18H,9-12,19H2,1-6H3,(H,33,40)(H,35,41)(H,34,36,37). The smallest absolute Gasteiger partial charge is 0.255 e. The second-order valence-electron chi connectivity index (χ2n) is 12.1. The third-order valence-electron chi connectivity index (χ3n) is 7.53. The largest absolute Gasteiger partial charge is 0.367 e. The molecule has 0 fully saturated rings. The number of anilines is 2. The van der Waals surface area contributed by atoms with Gasteiger partial charge in [-0.05, 0) is 85.9 Å². The average molecular weight is 554 g/mol. The Morgan fingerprint density at radius 2 is 1.85 bits per heavy atom. The Bertz CT molecular complexity index is 1600. The molecule has 3 N–H and O–H groups in total. The molecule has 214 valence electrons. The Labute approximate surface area is 241 Å². The van der Waals surface area contributed by atoms with Crippen molar-refractivity contribution < 1.29 is 9.59 Å². The van der Waals surface area contributed by atoms with E-state index in [1.807, 2.05) is 62.4 Å². The topological polar surface area (TPSA) is 106 Å². The third-order valence-corrected chi connectivity index (χ3v) is 7.53. The van der Waals surface area contributed by atoms with Crippen molar-refractivity contribution in [2.45, 2.75) is 46.1 Å². The zero-order valence-corrected chi connectivity index (χ0v) is 24.8. The van der Waals surface area contributed by atoms with Crippen LogP contribution in [0.25, 0.3) is 11.0 Å². The van der Waals surface area contributed by atoms with Gasteiger partial charge in [-0.2, -0.15) is 5.10 Å². The fourth-order valence-corrected chi connectivity index (χ4v) is 5.08. The summed E-state index contributed by atoms with van der Waals surface area (Å²) in [6.45, 7) is 11.2. The molecule has 0 atom stereocenters. The summed E-state index contributed by atoms with van der Waals surface area (Å²) in [5.41, 5.74) is 7.60. The molecule has 2 amide bonds. The molecule has 0 saturated heterocycles. The summed E-state index contributed by atoms with van der Waals surface area (Å²) in [7, 11) is 3.94. The number of carbonyl (C=O) groups excluding carboxylic acids is 2. The summed E-state index contributed by atoms with van der Waals surface area (Å²) in [4.78, 5) is 35.2. The third kappa shape index (κ3) is 6.41. The van der Waals surface area contributed by atoms with E-state index in [1.165, 1.54) is 5.56 Å². The Hall–Kier alpha value is -4.24. The molecule has 4 aromatic rings. The molecule has 2 aromatic heterocycles. The summed E-state index contributed by atoms with van der Waals surface area (Å²) in [5.74, 6) is -0.360. The number of nitrogens with zero attached hydrogens (tertiary/aromatic N) is 4. The first-order chi connectivity index (χ1) is 19.5. The molecule has 0 unspecified atom stereocenters. The first-order valence-corrected chi connectivity index (χ1v) is 14.1. The number of fused-ring (bicyclic) bond motifs is 2. The summed E-state index contributed by atoms with van der Waals surface area (Å²) < 4.78 is 0. The number of aryl methyl sites for hydroxylation is 1. The van der Waals surface area contributed by atoms with Crippen LogP contribution in [0.3, 0.4) is 0 Å². The first kappa shape index (κ1) is 28.3. The van der Waals surface area contributed by atoms with E-state index < -0.39 is 0 Å². The zero-order chi connectivity index (χ0) is 29.3. The van der Waals surface area contributed by atoms with Gasteiger partial charge in [0.2, 0.25) is 0 Å². The summed E-state index contributed by atoms with van der Waals surface area (Å²) in [6.07, 6.45) is 2.80. The van der Waals surface area contributed by atoms with Gasteiger partial charge in [0.15, 0.2) is 5.65 Å². The van der Waals surface area contributed by atoms with E-state index in [0.717, 1.165) is 53.1 Å². The fraction of sp³-hybridized carbons (Fsp3) is 0.375. The molecular weight excluding hydrogens is 514 g/mol. The molecule has 2 aromatic carbocycles. The Balaban J connectivity index is 1.35. The number of nitrogens with one attached hydrogen (secondary N) is 3. The van der Waals surface area contributed by atoms with E-state index in [1.54, 1.807) is 6.07 Å². The molecule has 5 rings (SSSR count). The minimum absolute atomic E-state index is 0.153. The maximum Gasteiger partial charge on any atom is 0.255 e. The number of amides is 2. The molecule has 0 radical (unpaired) electrons. The highest BCUT2D eigenvalue weighted by Crippen LogP contribution is 2.32. The van der Waals surface area contributed by atoms with Crippen LogP contribution in [0, 0.1) is 6.92 Å². The van der Waals surface area contributed by atoms with Gasteiger partial charge in [0.05, 0.1) is 0 Å². The molecule has 1 aliphatic heterocycles. The molecule has 9 nitrogen and oxygen atoms in total. The summed E-state index contributed by atoms with van der Waals surface area (Å²) in [5, 5.41) is 14.3. The molecule has 41 heavy (non-hydrogen) atoms. The highest BCUT2D eigenvalue weighted by molar-refractivity contribution is 6.06. The van der Waals surface area contributed by atoms with E-state index in [2.05, 4.69) is 57.6 Å². The molecular formula is C32H39N7O2. The molecule has 0 aliphatic carbocycles. The van der Waals surface area contributed by atoms with Gasteiger partial charge in [0.25, 0.3) is 11.8 Å². The highest BCUT2D eigenvalue weighted by Gasteiger charge is 2.23. The molecule has 9 heteroatoms. The number of H-pyrrole nitrogens is 1. The monoisotopic (exact) mass is 553 g/mol. The van der Waals surface area contributed by atoms with Gasteiger partial charge in [0.1, 0.15) is 0 Å². The van der Waals surface area contributed by atoms with Crippen LogP contribution in [0.1, 0.15) is 63.9 Å². The van der Waals surface area contributed by atoms with Crippen LogP contribution in [0.5, 0.6) is 0 Å². The predicted octanol–water partition coefficient (Wildman–Crippen LogP) is 4.67. The molecule has 0 bridgehead atoms. The van der Waals surface area contributed by atoms with Gasteiger partial charge in [-0.1, -0.05) is 26.8 Å². The number of carbonyl (C=O) groups is 2. The first-order valence-electron chi connectivity index (χ1n) is 14.1. The van der Waals surface area contributed by atoms with E-state index in [-0.39, 0.29) is 17.2 Å². The van der Waals surface area contributed by atoms with Crippen molar-refractivity contribution in [3.63, 3.8) is 0 Å². The van der Waals surface area contributed by atoms with E-state index >= 15 is 0 Å². The predicted molar refractivity (Wildman–Crippen MR) is 164 cm³/mol. The zero-order valence-electron chi connectivity index (χ0n) is 24.8. The van der Waals surface area contributed by atoms with Crippen LogP contribution in [0.4, 0.5) is 11.4 Å². The van der Waals surface area contributed by atoms with Crippen molar-refractivity contribution in [2.24, 2.45) is 0 Å². The minimum Gasteiger partial charge on any atom is -0.367 e. The number of likely N-dealkylation sites (N-methyl/N-ethyl adjacent to an activating group) is 1. The van der Waals surface area contributed by atoms with Gasteiger partial charge in [-0.15, -0.1) is 0 Å². The van der Waals surface area contributed by atoms with Crippen molar-refractivity contribution in [3.05, 3.63) is 82.2 Å². The lowest BCUT2D eigenvalue weighted by molar-refractivity contribution is 0.0949. The molecule has 0 spiro atoms. The summed E-state index contributed by atoms with van der Waals surface area (Å²) >= 11 is 0. The molecule has 1 aliphatic rings. The lowest BCUT2D eigenvalue weighted by Gasteiger charge is -2.22. The van der Waals surface area contributed by atoms with Crippen LogP contribution >= 0.6 is 0 Å². The number of pyridine rings is 1. The number of aromatic nitrogens is 3.